The molecule has 1 aliphatic carbocycles. The molecule has 48 heavy (non-hydrogen) atoms. The Balaban J connectivity index is 2.61. The van der Waals surface area contributed by atoms with Gasteiger partial charge in [-0.05, 0) is 19.3 Å². The molecule has 0 heterocycles. The van der Waals surface area contributed by atoms with Gasteiger partial charge in [0.25, 0.3) is 0 Å². The Morgan fingerprint density at radius 2 is 1.25 bits per heavy atom. The summed E-state index contributed by atoms with van der Waals surface area (Å²) in [5, 5.41) is 41.1. The number of aliphatic hydroxyl groups excluding tert-OH is 4. The summed E-state index contributed by atoms with van der Waals surface area (Å²) in [6, 6.07) is 0. The number of ether oxygens (including phenoxy) is 1. The van der Waals surface area contributed by atoms with Crippen molar-refractivity contribution in [1.82, 2.24) is 0 Å². The van der Waals surface area contributed by atoms with Crippen LogP contribution in [0.15, 0.2) is 0 Å². The molecule has 1 aliphatic rings. The maximum absolute atomic E-state index is 12.8. The lowest BCUT2D eigenvalue weighted by molar-refractivity contribution is -0.196. The van der Waals surface area contributed by atoms with Crippen LogP contribution >= 0.6 is 27.2 Å². The molecule has 0 amide bonds. The molecule has 1 fully saturated rings. The highest BCUT2D eigenvalue weighted by atomic mass is 32.2. The van der Waals surface area contributed by atoms with Gasteiger partial charge >= 0.3 is 21.4 Å². The first-order valence-electron chi connectivity index (χ1n) is 17.4. The molecular weight excluding hydrogens is 690 g/mol. The molecule has 0 radical (unpaired) electrons. The van der Waals surface area contributed by atoms with Crippen molar-refractivity contribution in [3.63, 3.8) is 0 Å². The predicted molar refractivity (Wildman–Crippen MR) is 182 cm³/mol. The molecule has 8 atom stereocenters. The number of unbranched alkanes of at least 4 members (excludes halogenated alkanes) is 12. The fourth-order valence-corrected chi connectivity index (χ4v) is 8.47. The molecule has 0 aromatic rings. The first-order chi connectivity index (χ1) is 22.6. The second-order valence-electron chi connectivity index (χ2n) is 12.7. The summed E-state index contributed by atoms with van der Waals surface area (Å²) < 4.78 is 39.7. The Hall–Kier alpha value is -0.410. The molecule has 1 rings (SSSR count). The first-order valence-corrected chi connectivity index (χ1v) is 21.7. The number of thioether (sulfide) groups is 1. The monoisotopic (exact) mass is 750 g/mol. The zero-order valence-electron chi connectivity index (χ0n) is 28.5. The molecule has 7 N–H and O–H groups in total. The van der Waals surface area contributed by atoms with Crippen molar-refractivity contribution in [2.75, 3.05) is 18.5 Å². The number of hydrogen-bond donors (Lipinski definition) is 7. The van der Waals surface area contributed by atoms with Crippen LogP contribution in [0.2, 0.25) is 0 Å². The Morgan fingerprint density at radius 1 is 0.708 bits per heavy atom. The highest BCUT2D eigenvalue weighted by molar-refractivity contribution is 8.13. The molecule has 4 unspecified atom stereocenters. The molecule has 284 valence electrons. The highest BCUT2D eigenvalue weighted by Gasteiger charge is 2.53. The molecule has 14 nitrogen and oxygen atoms in total. The van der Waals surface area contributed by atoms with Crippen LogP contribution in [0.3, 0.4) is 0 Å². The summed E-state index contributed by atoms with van der Waals surface area (Å²) >= 11 is 1.03. The molecule has 0 aromatic heterocycles. The van der Waals surface area contributed by atoms with E-state index in [9.17, 15) is 53.8 Å². The van der Waals surface area contributed by atoms with Gasteiger partial charge in [-0.1, -0.05) is 103 Å². The van der Waals surface area contributed by atoms with Crippen molar-refractivity contribution in [2.45, 2.75) is 160 Å². The number of rotatable bonds is 27. The van der Waals surface area contributed by atoms with Crippen LogP contribution in [0.1, 0.15) is 123 Å². The van der Waals surface area contributed by atoms with Gasteiger partial charge in [-0.2, -0.15) is 0 Å². The van der Waals surface area contributed by atoms with Gasteiger partial charge in [-0.25, -0.2) is 4.57 Å². The third kappa shape index (κ3) is 19.8. The summed E-state index contributed by atoms with van der Waals surface area (Å²) in [4.78, 5) is 53.5. The molecule has 0 bridgehead atoms. The Bertz CT molecular complexity index is 998. The van der Waals surface area contributed by atoms with Crippen molar-refractivity contribution in [1.29, 1.82) is 0 Å². The van der Waals surface area contributed by atoms with Gasteiger partial charge in [0.15, 0.2) is 5.12 Å². The number of esters is 1. The number of aliphatic hydroxyl groups is 4. The lowest BCUT2D eigenvalue weighted by atomic mass is 9.79. The van der Waals surface area contributed by atoms with Crippen molar-refractivity contribution < 1.29 is 67.6 Å². The third-order valence-corrected chi connectivity index (χ3v) is 11.2. The van der Waals surface area contributed by atoms with Crippen LogP contribution in [0, 0.1) is 5.92 Å². The molecule has 0 saturated heterocycles. The van der Waals surface area contributed by atoms with E-state index in [0.29, 0.717) is 19.3 Å². The van der Waals surface area contributed by atoms with E-state index in [1.807, 2.05) is 6.92 Å². The van der Waals surface area contributed by atoms with Gasteiger partial charge in [0.2, 0.25) is 0 Å². The zero-order valence-corrected chi connectivity index (χ0v) is 31.1. The second kappa shape index (κ2) is 24.7. The molecule has 0 aromatic carbocycles. The van der Waals surface area contributed by atoms with Crippen LogP contribution in [-0.2, 0) is 32.5 Å². The van der Waals surface area contributed by atoms with Crippen LogP contribution < -0.4 is 0 Å². The van der Waals surface area contributed by atoms with Gasteiger partial charge in [-0.3, -0.25) is 23.2 Å². The van der Waals surface area contributed by atoms with Gasteiger partial charge in [0.1, 0.15) is 24.4 Å². The van der Waals surface area contributed by atoms with Gasteiger partial charge in [-0.15, -0.1) is 0 Å². The predicted octanol–water partition coefficient (Wildman–Crippen LogP) is 4.58. The Labute approximate surface area is 289 Å². The minimum absolute atomic E-state index is 0.0579. The number of hydrogen-bond acceptors (Lipinski definition) is 12. The Kier molecular flexibility index (Phi) is 23.5. The smallest absolute Gasteiger partial charge is 0.460 e. The maximum Gasteiger partial charge on any atom is 0.472 e. The van der Waals surface area contributed by atoms with E-state index in [0.717, 1.165) is 37.4 Å². The maximum atomic E-state index is 12.8. The quantitative estimate of drug-likeness (QED) is 0.0346. The van der Waals surface area contributed by atoms with E-state index in [2.05, 4.69) is 6.92 Å². The highest BCUT2D eigenvalue weighted by Crippen LogP contribution is 2.49. The number of phosphoric acid groups is 1. The zero-order chi connectivity index (χ0) is 36.2. The first kappa shape index (κ1) is 45.6. The van der Waals surface area contributed by atoms with Crippen LogP contribution in [0.25, 0.3) is 0 Å². The lowest BCUT2D eigenvalue weighted by Crippen LogP contribution is -2.62. The van der Waals surface area contributed by atoms with Crippen molar-refractivity contribution in [3.8, 4) is 0 Å². The standard InChI is InChI=1S/C31H60O14P2S/c1-3-5-6-7-8-9-10-11-12-13-14-15-16-18-25(32)44-23(19-20-48-26(33)17-4-2)21-43-47(41,42)45-31-28(35)24(22-46(38,39)40)27(34)29(36)30(31)37/h23-24,27-31,34-37H,3-22H2,1-2H3,(H,41,42)(H2,38,39,40)/t23-,24+,27?,28+,29-,30?,31?/m0/s1. The molecule has 17 heteroatoms. The normalized spacial score (nSPS) is 25.0. The summed E-state index contributed by atoms with van der Waals surface area (Å²) in [5.41, 5.74) is 0. The van der Waals surface area contributed by atoms with E-state index >= 15 is 0 Å². The lowest BCUT2D eigenvalue weighted by Gasteiger charge is -2.43. The SMILES string of the molecule is CCCCCCCCCCCCCCCC(=O)O[C@@H](CCSC(=O)CCC)COP(=O)(O)OC1C(O)[C@@H](O)C(O)[C@@H](CP(=O)(O)O)[C@H]1O. The van der Waals surface area contributed by atoms with Gasteiger partial charge in [0.05, 0.1) is 25.0 Å². The number of phosphoric ester groups is 1. The second-order valence-corrected chi connectivity index (χ2v) is 16.9. The average molecular weight is 751 g/mol. The Morgan fingerprint density at radius 3 is 1.77 bits per heavy atom. The van der Waals surface area contributed by atoms with E-state index in [1.165, 1.54) is 51.4 Å². The van der Waals surface area contributed by atoms with Crippen molar-refractivity contribution in [2.24, 2.45) is 5.92 Å². The minimum Gasteiger partial charge on any atom is -0.460 e. The molecule has 0 aliphatic heterocycles. The third-order valence-electron chi connectivity index (χ3n) is 8.32. The molecular formula is C31H60O14P2S. The fraction of sp³-hybridized carbons (Fsp3) is 0.935. The van der Waals surface area contributed by atoms with Crippen molar-refractivity contribution >= 4 is 38.3 Å². The molecule has 0 spiro atoms. The van der Waals surface area contributed by atoms with E-state index in [1.54, 1.807) is 0 Å². The van der Waals surface area contributed by atoms with Crippen LogP contribution in [0.4, 0.5) is 0 Å². The summed E-state index contributed by atoms with van der Waals surface area (Å²) in [7, 11) is -9.97. The van der Waals surface area contributed by atoms with Gasteiger partial charge < -0.3 is 39.8 Å². The molecule has 1 saturated carbocycles. The summed E-state index contributed by atoms with van der Waals surface area (Å²) in [5.74, 6) is -2.00. The summed E-state index contributed by atoms with van der Waals surface area (Å²) in [6.45, 7) is 3.43. The minimum atomic E-state index is -5.14. The number of carbonyl (C=O) groups excluding carboxylic acids is 2. The van der Waals surface area contributed by atoms with Crippen LogP contribution in [0.5, 0.6) is 0 Å². The van der Waals surface area contributed by atoms with E-state index < -0.39 is 76.7 Å². The number of carbonyl (C=O) groups is 2. The van der Waals surface area contributed by atoms with Crippen LogP contribution in [-0.4, -0.2) is 101 Å². The van der Waals surface area contributed by atoms with Gasteiger partial charge in [0, 0.05) is 24.5 Å². The van der Waals surface area contributed by atoms with E-state index in [-0.39, 0.29) is 23.7 Å². The van der Waals surface area contributed by atoms with E-state index in [4.69, 9.17) is 13.8 Å². The van der Waals surface area contributed by atoms with Crippen molar-refractivity contribution in [3.05, 3.63) is 0 Å². The fourth-order valence-electron chi connectivity index (χ4n) is 5.56. The largest absolute Gasteiger partial charge is 0.472 e. The average Bonchev–Trinajstić information content (AvgIpc) is 3.01. The summed E-state index contributed by atoms with van der Waals surface area (Å²) in [6.07, 6.45) is 3.82. The topological polar surface area (TPSA) is 238 Å².